The summed E-state index contributed by atoms with van der Waals surface area (Å²) in [6.45, 7) is 3.66. The second kappa shape index (κ2) is 7.13. The van der Waals surface area contributed by atoms with E-state index in [1.165, 1.54) is 24.3 Å². The van der Waals surface area contributed by atoms with Gasteiger partial charge in [-0.15, -0.1) is 0 Å². The highest BCUT2D eigenvalue weighted by molar-refractivity contribution is 5.95. The third-order valence-corrected chi connectivity index (χ3v) is 3.57. The maximum atomic E-state index is 12.9. The van der Waals surface area contributed by atoms with Crippen molar-refractivity contribution >= 4 is 5.91 Å². The van der Waals surface area contributed by atoms with Gasteiger partial charge in [-0.05, 0) is 42.7 Å². The van der Waals surface area contributed by atoms with Crippen LogP contribution in [-0.2, 0) is 6.42 Å². The number of carbonyl (C=O) groups excluding carboxylic acids is 1. The largest absolute Gasteiger partial charge is 0.386 e. The number of rotatable bonds is 5. The fourth-order valence-electron chi connectivity index (χ4n) is 2.24. The lowest BCUT2D eigenvalue weighted by Gasteiger charge is -2.21. The normalized spacial score (nSPS) is 13.5. The third kappa shape index (κ3) is 3.68. The monoisotopic (exact) mass is 302 g/mol. The van der Waals surface area contributed by atoms with Gasteiger partial charge in [0, 0.05) is 18.0 Å². The predicted molar refractivity (Wildman–Crippen MR) is 81.9 cm³/mol. The van der Waals surface area contributed by atoms with Crippen LogP contribution in [0.15, 0.2) is 42.7 Å². The number of halogens is 1. The molecule has 0 bridgehead atoms. The maximum Gasteiger partial charge on any atom is 0.251 e. The molecule has 2 N–H and O–H groups in total. The van der Waals surface area contributed by atoms with Crippen molar-refractivity contribution in [2.75, 3.05) is 0 Å². The number of aryl methyl sites for hydroxylation is 1. The minimum Gasteiger partial charge on any atom is -0.386 e. The van der Waals surface area contributed by atoms with Gasteiger partial charge in [0.15, 0.2) is 0 Å². The van der Waals surface area contributed by atoms with Crippen LogP contribution in [0.5, 0.6) is 0 Å². The van der Waals surface area contributed by atoms with Gasteiger partial charge in [-0.1, -0.05) is 19.1 Å². The van der Waals surface area contributed by atoms with Crippen LogP contribution < -0.4 is 5.32 Å². The van der Waals surface area contributed by atoms with Crippen molar-refractivity contribution in [1.29, 1.82) is 0 Å². The predicted octanol–water partition coefficient (Wildman–Crippen LogP) is 2.64. The highest BCUT2D eigenvalue weighted by Crippen LogP contribution is 2.18. The Balaban J connectivity index is 2.09. The molecule has 0 aliphatic heterocycles. The molecule has 5 heteroatoms. The molecule has 1 aromatic heterocycles. The number of aromatic nitrogens is 1. The van der Waals surface area contributed by atoms with Gasteiger partial charge in [0.05, 0.1) is 12.1 Å². The first-order valence-electron chi connectivity index (χ1n) is 7.20. The Bertz CT molecular complexity index is 643. The van der Waals surface area contributed by atoms with E-state index in [0.717, 1.165) is 5.56 Å². The van der Waals surface area contributed by atoms with E-state index in [9.17, 15) is 14.3 Å². The van der Waals surface area contributed by atoms with Gasteiger partial charge < -0.3 is 10.4 Å². The molecule has 0 saturated heterocycles. The Labute approximate surface area is 129 Å². The van der Waals surface area contributed by atoms with Crippen LogP contribution in [0.2, 0.25) is 0 Å². The molecule has 2 rings (SSSR count). The zero-order valence-electron chi connectivity index (χ0n) is 12.6. The molecule has 1 aromatic carbocycles. The highest BCUT2D eigenvalue weighted by atomic mass is 19.1. The van der Waals surface area contributed by atoms with Gasteiger partial charge in [0.25, 0.3) is 5.91 Å². The number of aliphatic hydroxyl groups excluding tert-OH is 1. The summed E-state index contributed by atoms with van der Waals surface area (Å²) in [7, 11) is 0. The smallest absolute Gasteiger partial charge is 0.251 e. The number of benzene rings is 1. The van der Waals surface area contributed by atoms with Gasteiger partial charge in [-0.2, -0.15) is 0 Å². The van der Waals surface area contributed by atoms with Gasteiger partial charge in [0.2, 0.25) is 0 Å². The Morgan fingerprint density at radius 1 is 1.32 bits per heavy atom. The second-order valence-corrected chi connectivity index (χ2v) is 5.14. The molecule has 2 unspecified atom stereocenters. The first-order valence-corrected chi connectivity index (χ1v) is 7.20. The van der Waals surface area contributed by atoms with Crippen LogP contribution in [0.3, 0.4) is 0 Å². The Morgan fingerprint density at radius 2 is 2.00 bits per heavy atom. The van der Waals surface area contributed by atoms with Crippen LogP contribution in [0, 0.1) is 5.82 Å². The van der Waals surface area contributed by atoms with Crippen molar-refractivity contribution in [1.82, 2.24) is 10.3 Å². The molecule has 2 atom stereocenters. The van der Waals surface area contributed by atoms with Crippen molar-refractivity contribution < 1.29 is 14.3 Å². The van der Waals surface area contributed by atoms with Gasteiger partial charge in [0.1, 0.15) is 5.82 Å². The number of carbonyl (C=O) groups is 1. The number of pyridine rings is 1. The van der Waals surface area contributed by atoms with Crippen molar-refractivity contribution in [2.24, 2.45) is 0 Å². The van der Waals surface area contributed by atoms with E-state index in [4.69, 9.17) is 0 Å². The first kappa shape index (κ1) is 16.1. The molecule has 116 valence electrons. The molecule has 1 heterocycles. The van der Waals surface area contributed by atoms with Crippen molar-refractivity contribution in [3.8, 4) is 0 Å². The van der Waals surface area contributed by atoms with E-state index in [1.54, 1.807) is 25.4 Å². The Hall–Kier alpha value is -2.27. The van der Waals surface area contributed by atoms with Crippen LogP contribution in [-0.4, -0.2) is 22.0 Å². The Morgan fingerprint density at radius 3 is 2.64 bits per heavy atom. The molecule has 0 fully saturated rings. The van der Waals surface area contributed by atoms with Crippen molar-refractivity contribution in [3.63, 3.8) is 0 Å². The molecule has 0 saturated carbocycles. The lowest BCUT2D eigenvalue weighted by atomic mass is 10.0. The maximum absolute atomic E-state index is 12.9. The van der Waals surface area contributed by atoms with Crippen LogP contribution in [0.25, 0.3) is 0 Å². The van der Waals surface area contributed by atoms with Crippen LogP contribution in [0.1, 0.15) is 41.4 Å². The topological polar surface area (TPSA) is 62.2 Å². The van der Waals surface area contributed by atoms with E-state index in [2.05, 4.69) is 10.3 Å². The molecular formula is C17H19FN2O2. The fourth-order valence-corrected chi connectivity index (χ4v) is 2.24. The first-order chi connectivity index (χ1) is 10.5. The van der Waals surface area contributed by atoms with Gasteiger partial charge in [-0.3, -0.25) is 9.78 Å². The van der Waals surface area contributed by atoms with E-state index in [0.29, 0.717) is 17.5 Å². The van der Waals surface area contributed by atoms with Gasteiger partial charge in [-0.25, -0.2) is 4.39 Å². The molecule has 4 nitrogen and oxygen atoms in total. The standard InChI is InChI=1S/C17H19FN2O2/c1-3-12-10-19-9-8-15(12)17(22)20-11(2)16(21)13-4-6-14(18)7-5-13/h4-11,16,21H,3H2,1-2H3,(H,20,22). The average molecular weight is 302 g/mol. The van der Waals surface area contributed by atoms with Gasteiger partial charge >= 0.3 is 0 Å². The van der Waals surface area contributed by atoms with Crippen LogP contribution in [0.4, 0.5) is 4.39 Å². The SMILES string of the molecule is CCc1cnccc1C(=O)NC(C)C(O)c1ccc(F)cc1. The number of nitrogens with one attached hydrogen (secondary N) is 1. The lowest BCUT2D eigenvalue weighted by molar-refractivity contribution is 0.0851. The zero-order chi connectivity index (χ0) is 16.1. The van der Waals surface area contributed by atoms with E-state index in [-0.39, 0.29) is 11.7 Å². The lowest BCUT2D eigenvalue weighted by Crippen LogP contribution is -2.37. The summed E-state index contributed by atoms with van der Waals surface area (Å²) in [6.07, 6.45) is 3.02. The van der Waals surface area contributed by atoms with Crippen molar-refractivity contribution in [2.45, 2.75) is 32.4 Å². The molecule has 0 radical (unpaired) electrons. The molecular weight excluding hydrogens is 283 g/mol. The van der Waals surface area contributed by atoms with Crippen molar-refractivity contribution in [3.05, 3.63) is 65.2 Å². The summed E-state index contributed by atoms with van der Waals surface area (Å²) in [4.78, 5) is 16.3. The zero-order valence-corrected chi connectivity index (χ0v) is 12.6. The summed E-state index contributed by atoms with van der Waals surface area (Å²) < 4.78 is 12.9. The summed E-state index contributed by atoms with van der Waals surface area (Å²) in [5.41, 5.74) is 1.96. The minimum atomic E-state index is -0.906. The Kier molecular flexibility index (Phi) is 5.22. The average Bonchev–Trinajstić information content (AvgIpc) is 2.54. The molecule has 0 aliphatic rings. The van der Waals surface area contributed by atoms with E-state index >= 15 is 0 Å². The fraction of sp³-hybridized carbons (Fsp3) is 0.294. The molecule has 1 amide bonds. The number of hydrogen-bond donors (Lipinski definition) is 2. The summed E-state index contributed by atoms with van der Waals surface area (Å²) in [5, 5.41) is 13.0. The quantitative estimate of drug-likeness (QED) is 0.892. The summed E-state index contributed by atoms with van der Waals surface area (Å²) in [6, 6.07) is 6.73. The second-order valence-electron chi connectivity index (χ2n) is 5.14. The highest BCUT2D eigenvalue weighted by Gasteiger charge is 2.20. The van der Waals surface area contributed by atoms with Crippen LogP contribution >= 0.6 is 0 Å². The summed E-state index contributed by atoms with van der Waals surface area (Å²) >= 11 is 0. The van der Waals surface area contributed by atoms with E-state index < -0.39 is 12.1 Å². The number of amides is 1. The third-order valence-electron chi connectivity index (χ3n) is 3.57. The molecule has 22 heavy (non-hydrogen) atoms. The summed E-state index contributed by atoms with van der Waals surface area (Å²) in [5.74, 6) is -0.620. The molecule has 2 aromatic rings. The molecule has 0 spiro atoms. The number of aliphatic hydroxyl groups is 1. The number of hydrogen-bond acceptors (Lipinski definition) is 3. The minimum absolute atomic E-state index is 0.257. The molecule has 0 aliphatic carbocycles. The van der Waals surface area contributed by atoms with E-state index in [1.807, 2.05) is 6.92 Å². The number of nitrogens with zero attached hydrogens (tertiary/aromatic N) is 1.